The molecule has 0 saturated carbocycles. The number of benzene rings is 1. The molecule has 86 valence electrons. The quantitative estimate of drug-likeness (QED) is 0.861. The van der Waals surface area contributed by atoms with Crippen LogP contribution in [0.2, 0.25) is 0 Å². The van der Waals surface area contributed by atoms with Gasteiger partial charge in [-0.05, 0) is 19.1 Å². The van der Waals surface area contributed by atoms with Gasteiger partial charge in [0.15, 0.2) is 5.25 Å². The Labute approximate surface area is 94.7 Å². The lowest BCUT2D eigenvalue weighted by atomic mass is 10.3. The highest BCUT2D eigenvalue weighted by atomic mass is 32.2. The van der Waals surface area contributed by atoms with E-state index in [0.29, 0.717) is 11.4 Å². The maximum atomic E-state index is 11.6. The molecule has 1 aromatic carbocycles. The van der Waals surface area contributed by atoms with Crippen LogP contribution in [0.1, 0.15) is 6.92 Å². The molecule has 0 heterocycles. The van der Waals surface area contributed by atoms with E-state index < -0.39 is 15.3 Å². The SMILES string of the molecule is COc1cccc(NS(=O)(=O)C(C)C#N)c1. The molecule has 0 aliphatic carbocycles. The summed E-state index contributed by atoms with van der Waals surface area (Å²) in [4.78, 5) is 0. The van der Waals surface area contributed by atoms with Gasteiger partial charge in [0.05, 0.1) is 18.9 Å². The Morgan fingerprint density at radius 3 is 2.75 bits per heavy atom. The molecule has 1 atom stereocenters. The van der Waals surface area contributed by atoms with Crippen LogP contribution in [0.25, 0.3) is 0 Å². The first-order valence-electron chi connectivity index (χ1n) is 4.55. The lowest BCUT2D eigenvalue weighted by Gasteiger charge is -2.09. The summed E-state index contributed by atoms with van der Waals surface area (Å²) in [5, 5.41) is 7.46. The number of hydrogen-bond donors (Lipinski definition) is 1. The predicted octanol–water partition coefficient (Wildman–Crippen LogP) is 1.35. The monoisotopic (exact) mass is 240 g/mol. The third-order valence-corrected chi connectivity index (χ3v) is 3.53. The highest BCUT2D eigenvalue weighted by Gasteiger charge is 2.19. The van der Waals surface area contributed by atoms with Crippen molar-refractivity contribution in [3.63, 3.8) is 0 Å². The highest BCUT2D eigenvalue weighted by molar-refractivity contribution is 7.93. The van der Waals surface area contributed by atoms with E-state index in [1.54, 1.807) is 30.3 Å². The molecule has 16 heavy (non-hydrogen) atoms. The third kappa shape index (κ3) is 2.87. The Bertz CT molecular complexity index is 505. The van der Waals surface area contributed by atoms with E-state index in [1.165, 1.54) is 14.0 Å². The summed E-state index contributed by atoms with van der Waals surface area (Å²) < 4.78 is 30.4. The van der Waals surface area contributed by atoms with Crippen molar-refractivity contribution < 1.29 is 13.2 Å². The minimum Gasteiger partial charge on any atom is -0.497 e. The number of anilines is 1. The minimum absolute atomic E-state index is 0.376. The van der Waals surface area contributed by atoms with Crippen LogP contribution in [0.15, 0.2) is 24.3 Å². The van der Waals surface area contributed by atoms with Crippen molar-refractivity contribution in [3.8, 4) is 11.8 Å². The molecule has 0 bridgehead atoms. The van der Waals surface area contributed by atoms with Gasteiger partial charge in [0, 0.05) is 6.07 Å². The van der Waals surface area contributed by atoms with Crippen LogP contribution in [0, 0.1) is 11.3 Å². The summed E-state index contributed by atoms with van der Waals surface area (Å²) in [6.45, 7) is 1.32. The summed E-state index contributed by atoms with van der Waals surface area (Å²) in [5.41, 5.74) is 0.376. The molecular weight excluding hydrogens is 228 g/mol. The van der Waals surface area contributed by atoms with Crippen molar-refractivity contribution in [1.82, 2.24) is 0 Å². The topological polar surface area (TPSA) is 79.2 Å². The van der Waals surface area contributed by atoms with Crippen LogP contribution in [0.4, 0.5) is 5.69 Å². The number of rotatable bonds is 4. The van der Waals surface area contributed by atoms with Crippen LogP contribution in [-0.4, -0.2) is 20.8 Å². The Balaban J connectivity index is 2.93. The second kappa shape index (κ2) is 4.86. The number of nitrogens with one attached hydrogen (secondary N) is 1. The molecule has 0 amide bonds. The molecule has 5 nitrogen and oxygen atoms in total. The lowest BCUT2D eigenvalue weighted by molar-refractivity contribution is 0.415. The zero-order chi connectivity index (χ0) is 12.2. The summed E-state index contributed by atoms with van der Waals surface area (Å²) >= 11 is 0. The standard InChI is InChI=1S/C10H12N2O3S/c1-8(7-11)16(13,14)12-9-4-3-5-10(6-9)15-2/h3-6,8,12H,1-2H3. The van der Waals surface area contributed by atoms with Crippen LogP contribution in [0.5, 0.6) is 5.75 Å². The molecule has 0 fully saturated rings. The molecule has 1 aromatic rings. The average Bonchev–Trinajstić information content (AvgIpc) is 2.27. The Kier molecular flexibility index (Phi) is 3.74. The van der Waals surface area contributed by atoms with Crippen molar-refractivity contribution in [3.05, 3.63) is 24.3 Å². The second-order valence-corrected chi connectivity index (χ2v) is 5.15. The molecule has 0 radical (unpaired) electrons. The fourth-order valence-electron chi connectivity index (χ4n) is 1.01. The smallest absolute Gasteiger partial charge is 0.248 e. The molecular formula is C10H12N2O3S. The normalized spacial score (nSPS) is 12.6. The van der Waals surface area contributed by atoms with Crippen LogP contribution >= 0.6 is 0 Å². The Morgan fingerprint density at radius 2 is 2.19 bits per heavy atom. The van der Waals surface area contributed by atoms with Crippen molar-refractivity contribution in [2.45, 2.75) is 12.2 Å². The molecule has 6 heteroatoms. The second-order valence-electron chi connectivity index (χ2n) is 3.15. The maximum Gasteiger partial charge on any atom is 0.248 e. The Morgan fingerprint density at radius 1 is 1.50 bits per heavy atom. The first-order chi connectivity index (χ1) is 7.49. The maximum absolute atomic E-state index is 11.6. The predicted molar refractivity (Wildman–Crippen MR) is 60.6 cm³/mol. The van der Waals surface area contributed by atoms with Crippen LogP contribution in [-0.2, 0) is 10.0 Å². The summed E-state index contributed by atoms with van der Waals surface area (Å²) in [7, 11) is -2.16. The molecule has 0 aliphatic heterocycles. The van der Waals surface area contributed by atoms with Gasteiger partial charge in [-0.15, -0.1) is 0 Å². The first kappa shape index (κ1) is 12.3. The van der Waals surface area contributed by atoms with E-state index in [1.807, 2.05) is 0 Å². The van der Waals surface area contributed by atoms with Gasteiger partial charge in [0.1, 0.15) is 5.75 Å². The molecule has 0 saturated heterocycles. The van der Waals surface area contributed by atoms with E-state index in [-0.39, 0.29) is 0 Å². The molecule has 1 unspecified atom stereocenters. The zero-order valence-corrected chi connectivity index (χ0v) is 9.78. The van der Waals surface area contributed by atoms with E-state index in [4.69, 9.17) is 10.00 Å². The number of methoxy groups -OCH3 is 1. The summed E-state index contributed by atoms with van der Waals surface area (Å²) in [6.07, 6.45) is 0. The van der Waals surface area contributed by atoms with Gasteiger partial charge in [0.25, 0.3) is 0 Å². The summed E-state index contributed by atoms with van der Waals surface area (Å²) in [6, 6.07) is 8.16. The van der Waals surface area contributed by atoms with Gasteiger partial charge in [-0.25, -0.2) is 8.42 Å². The van der Waals surface area contributed by atoms with E-state index >= 15 is 0 Å². The van der Waals surface area contributed by atoms with Crippen molar-refractivity contribution in [2.24, 2.45) is 0 Å². The molecule has 1 N–H and O–H groups in total. The fourth-order valence-corrected chi connectivity index (χ4v) is 1.78. The molecule has 1 rings (SSSR count). The van der Waals surface area contributed by atoms with E-state index in [0.717, 1.165) is 0 Å². The van der Waals surface area contributed by atoms with Crippen molar-refractivity contribution >= 4 is 15.7 Å². The van der Waals surface area contributed by atoms with Crippen LogP contribution in [0.3, 0.4) is 0 Å². The zero-order valence-electron chi connectivity index (χ0n) is 8.97. The van der Waals surface area contributed by atoms with Crippen molar-refractivity contribution in [1.29, 1.82) is 5.26 Å². The largest absolute Gasteiger partial charge is 0.497 e. The number of nitriles is 1. The first-order valence-corrected chi connectivity index (χ1v) is 6.09. The molecule has 0 aliphatic rings. The van der Waals surface area contributed by atoms with Gasteiger partial charge in [-0.2, -0.15) is 5.26 Å². The summed E-state index contributed by atoms with van der Waals surface area (Å²) in [5.74, 6) is 0.546. The number of sulfonamides is 1. The molecule has 0 aromatic heterocycles. The van der Waals surface area contributed by atoms with Crippen molar-refractivity contribution in [2.75, 3.05) is 11.8 Å². The average molecular weight is 240 g/mol. The van der Waals surface area contributed by atoms with Gasteiger partial charge in [0.2, 0.25) is 10.0 Å². The third-order valence-electron chi connectivity index (χ3n) is 1.98. The Hall–Kier alpha value is -1.74. The number of hydrogen-bond acceptors (Lipinski definition) is 4. The van der Waals surface area contributed by atoms with Gasteiger partial charge >= 0.3 is 0 Å². The van der Waals surface area contributed by atoms with Crippen LogP contribution < -0.4 is 9.46 Å². The lowest BCUT2D eigenvalue weighted by Crippen LogP contribution is -2.23. The minimum atomic E-state index is -3.66. The molecule has 0 spiro atoms. The van der Waals surface area contributed by atoms with Gasteiger partial charge in [-0.3, -0.25) is 4.72 Å². The number of nitrogens with zero attached hydrogens (tertiary/aromatic N) is 1. The van der Waals surface area contributed by atoms with Gasteiger partial charge < -0.3 is 4.74 Å². The van der Waals surface area contributed by atoms with Gasteiger partial charge in [-0.1, -0.05) is 6.07 Å². The van der Waals surface area contributed by atoms with E-state index in [9.17, 15) is 8.42 Å². The van der Waals surface area contributed by atoms with E-state index in [2.05, 4.69) is 4.72 Å². The number of ether oxygens (including phenoxy) is 1. The highest BCUT2D eigenvalue weighted by Crippen LogP contribution is 2.18. The fraction of sp³-hybridized carbons (Fsp3) is 0.300.